The average molecular weight is 266 g/mol. The van der Waals surface area contributed by atoms with Crippen molar-refractivity contribution in [1.82, 2.24) is 4.90 Å². The molecule has 1 aromatic carbocycles. The zero-order valence-corrected chi connectivity index (χ0v) is 10.7. The van der Waals surface area contributed by atoms with Gasteiger partial charge in [-0.05, 0) is 31.0 Å². The predicted molar refractivity (Wildman–Crippen MR) is 70.3 cm³/mol. The lowest BCUT2D eigenvalue weighted by Gasteiger charge is -2.26. The topological polar surface area (TPSA) is 75.8 Å². The molecule has 0 aromatic heterocycles. The fourth-order valence-electron chi connectivity index (χ4n) is 2.20. The maximum Gasteiger partial charge on any atom is 0.310 e. The van der Waals surface area contributed by atoms with Crippen LogP contribution < -0.4 is 0 Å². The van der Waals surface area contributed by atoms with Crippen LogP contribution >= 0.6 is 0 Å². The number of nitrogens with zero attached hydrogens (tertiary/aromatic N) is 2. The van der Waals surface area contributed by atoms with Crippen molar-refractivity contribution in [1.29, 1.82) is 0 Å². The summed E-state index contributed by atoms with van der Waals surface area (Å²) in [6.07, 6.45) is 1.72. The van der Waals surface area contributed by atoms with Gasteiger partial charge in [-0.15, -0.1) is 0 Å². The van der Waals surface area contributed by atoms with Gasteiger partial charge in [-0.3, -0.25) is 15.0 Å². The number of phenolic OH excluding ortho intramolecular Hbond substituents is 1. The van der Waals surface area contributed by atoms with E-state index in [0.29, 0.717) is 0 Å². The van der Waals surface area contributed by atoms with E-state index in [1.165, 1.54) is 12.1 Å². The lowest BCUT2D eigenvalue weighted by Crippen LogP contribution is -2.36. The van der Waals surface area contributed by atoms with Gasteiger partial charge in [0.1, 0.15) is 0 Å². The number of nitro benzene ring substituents is 1. The Morgan fingerprint density at radius 2 is 2.11 bits per heavy atom. The molecular formula is C13H18N2O4. The molecule has 0 amide bonds. The fourth-order valence-corrected chi connectivity index (χ4v) is 2.20. The van der Waals surface area contributed by atoms with Crippen LogP contribution in [-0.4, -0.2) is 47.8 Å². The van der Waals surface area contributed by atoms with E-state index < -0.39 is 4.92 Å². The molecule has 2 rings (SSSR count). The highest BCUT2D eigenvalue weighted by molar-refractivity contribution is 5.47. The third kappa shape index (κ3) is 3.90. The zero-order valence-electron chi connectivity index (χ0n) is 10.7. The van der Waals surface area contributed by atoms with Crippen LogP contribution in [0.2, 0.25) is 0 Å². The van der Waals surface area contributed by atoms with Gasteiger partial charge in [-0.25, -0.2) is 0 Å². The van der Waals surface area contributed by atoms with Gasteiger partial charge < -0.3 is 9.84 Å². The third-order valence-electron chi connectivity index (χ3n) is 3.28. The maximum absolute atomic E-state index is 10.7. The van der Waals surface area contributed by atoms with Crippen molar-refractivity contribution in [3.05, 3.63) is 33.9 Å². The van der Waals surface area contributed by atoms with E-state index in [0.717, 1.165) is 51.3 Å². The maximum atomic E-state index is 10.7. The van der Waals surface area contributed by atoms with E-state index in [1.54, 1.807) is 6.07 Å². The number of aromatic hydroxyl groups is 1. The SMILES string of the molecule is O=[N+]([O-])c1cc(CCCN2CCOCC2)ccc1O. The molecule has 0 bridgehead atoms. The fraction of sp³-hybridized carbons (Fsp3) is 0.538. The summed E-state index contributed by atoms with van der Waals surface area (Å²) < 4.78 is 5.28. The average Bonchev–Trinajstić information content (AvgIpc) is 2.41. The molecule has 1 heterocycles. The van der Waals surface area contributed by atoms with E-state index in [-0.39, 0.29) is 11.4 Å². The second kappa shape index (κ2) is 6.49. The van der Waals surface area contributed by atoms with Gasteiger partial charge in [-0.1, -0.05) is 6.07 Å². The molecule has 1 aliphatic heterocycles. The molecule has 0 saturated carbocycles. The second-order valence-corrected chi connectivity index (χ2v) is 4.64. The molecule has 1 N–H and O–H groups in total. The molecule has 6 nitrogen and oxygen atoms in total. The number of benzene rings is 1. The Balaban J connectivity index is 1.85. The number of phenols is 1. The Morgan fingerprint density at radius 3 is 2.79 bits per heavy atom. The summed E-state index contributed by atoms with van der Waals surface area (Å²) in [6, 6.07) is 4.58. The highest BCUT2D eigenvalue weighted by Gasteiger charge is 2.14. The first-order chi connectivity index (χ1) is 9.16. The third-order valence-corrected chi connectivity index (χ3v) is 3.28. The smallest absolute Gasteiger partial charge is 0.310 e. The van der Waals surface area contributed by atoms with Crippen molar-refractivity contribution in [2.24, 2.45) is 0 Å². The molecule has 6 heteroatoms. The molecule has 104 valence electrons. The molecule has 0 radical (unpaired) electrons. The summed E-state index contributed by atoms with van der Waals surface area (Å²) >= 11 is 0. The first kappa shape index (κ1) is 13.8. The Hall–Kier alpha value is -1.66. The molecular weight excluding hydrogens is 248 g/mol. The summed E-state index contributed by atoms with van der Waals surface area (Å²) in [5.74, 6) is -0.276. The van der Waals surface area contributed by atoms with Gasteiger partial charge in [-0.2, -0.15) is 0 Å². The standard InChI is InChI=1S/C13H18N2O4/c16-13-4-3-11(10-12(13)15(17)18)2-1-5-14-6-8-19-9-7-14/h3-4,10,16H,1-2,5-9H2. The molecule has 0 aliphatic carbocycles. The van der Waals surface area contributed by atoms with Crippen molar-refractivity contribution in [2.75, 3.05) is 32.8 Å². The van der Waals surface area contributed by atoms with Crippen LogP contribution in [0.3, 0.4) is 0 Å². The molecule has 1 fully saturated rings. The molecule has 19 heavy (non-hydrogen) atoms. The second-order valence-electron chi connectivity index (χ2n) is 4.64. The van der Waals surface area contributed by atoms with Crippen LogP contribution in [0.15, 0.2) is 18.2 Å². The molecule has 1 aliphatic rings. The van der Waals surface area contributed by atoms with Crippen molar-refractivity contribution in [3.63, 3.8) is 0 Å². The monoisotopic (exact) mass is 266 g/mol. The van der Waals surface area contributed by atoms with Crippen LogP contribution in [-0.2, 0) is 11.2 Å². The first-order valence-electron chi connectivity index (χ1n) is 6.43. The number of ether oxygens (including phenoxy) is 1. The van der Waals surface area contributed by atoms with Gasteiger partial charge in [0, 0.05) is 19.2 Å². The lowest BCUT2D eigenvalue weighted by molar-refractivity contribution is -0.385. The minimum Gasteiger partial charge on any atom is -0.502 e. The Bertz CT molecular complexity index is 444. The van der Waals surface area contributed by atoms with Gasteiger partial charge in [0.15, 0.2) is 5.75 Å². The van der Waals surface area contributed by atoms with E-state index in [1.807, 2.05) is 0 Å². The van der Waals surface area contributed by atoms with E-state index in [2.05, 4.69) is 4.90 Å². The Kier molecular flexibility index (Phi) is 4.70. The number of hydrogen-bond acceptors (Lipinski definition) is 5. The van der Waals surface area contributed by atoms with Crippen LogP contribution in [0.5, 0.6) is 5.75 Å². The lowest BCUT2D eigenvalue weighted by atomic mass is 10.1. The van der Waals surface area contributed by atoms with E-state index >= 15 is 0 Å². The Labute approximate surface area is 111 Å². The largest absolute Gasteiger partial charge is 0.502 e. The first-order valence-corrected chi connectivity index (χ1v) is 6.43. The van der Waals surface area contributed by atoms with E-state index in [4.69, 9.17) is 4.74 Å². The summed E-state index contributed by atoms with van der Waals surface area (Å²) in [5.41, 5.74) is 0.668. The highest BCUT2D eigenvalue weighted by atomic mass is 16.6. The van der Waals surface area contributed by atoms with Crippen LogP contribution in [0, 0.1) is 10.1 Å². The molecule has 1 aromatic rings. The van der Waals surface area contributed by atoms with Crippen molar-refractivity contribution in [2.45, 2.75) is 12.8 Å². The van der Waals surface area contributed by atoms with Gasteiger partial charge >= 0.3 is 5.69 Å². The Morgan fingerprint density at radius 1 is 1.37 bits per heavy atom. The highest BCUT2D eigenvalue weighted by Crippen LogP contribution is 2.26. The van der Waals surface area contributed by atoms with Crippen LogP contribution in [0.4, 0.5) is 5.69 Å². The normalized spacial score (nSPS) is 16.4. The molecule has 0 unspecified atom stereocenters. The van der Waals surface area contributed by atoms with E-state index in [9.17, 15) is 15.2 Å². The quantitative estimate of drug-likeness (QED) is 0.646. The van der Waals surface area contributed by atoms with Crippen LogP contribution in [0.1, 0.15) is 12.0 Å². The summed E-state index contributed by atoms with van der Waals surface area (Å²) in [6.45, 7) is 4.44. The van der Waals surface area contributed by atoms with Gasteiger partial charge in [0.05, 0.1) is 18.1 Å². The minimum atomic E-state index is -0.555. The number of nitro groups is 1. The zero-order chi connectivity index (χ0) is 13.7. The summed E-state index contributed by atoms with van der Waals surface area (Å²) in [4.78, 5) is 12.5. The number of aryl methyl sites for hydroxylation is 1. The summed E-state index contributed by atoms with van der Waals surface area (Å²) in [5, 5.41) is 20.1. The van der Waals surface area contributed by atoms with Crippen molar-refractivity contribution >= 4 is 5.69 Å². The van der Waals surface area contributed by atoms with Crippen molar-refractivity contribution < 1.29 is 14.8 Å². The molecule has 0 atom stereocenters. The number of morpholine rings is 1. The molecule has 0 spiro atoms. The van der Waals surface area contributed by atoms with Crippen LogP contribution in [0.25, 0.3) is 0 Å². The van der Waals surface area contributed by atoms with Gasteiger partial charge in [0.2, 0.25) is 0 Å². The summed E-state index contributed by atoms with van der Waals surface area (Å²) in [7, 11) is 0. The number of rotatable bonds is 5. The number of hydrogen-bond donors (Lipinski definition) is 1. The molecule has 1 saturated heterocycles. The van der Waals surface area contributed by atoms with Crippen molar-refractivity contribution in [3.8, 4) is 5.75 Å². The minimum absolute atomic E-state index is 0.219. The predicted octanol–water partition coefficient (Wildman–Crippen LogP) is 1.57. The van der Waals surface area contributed by atoms with Gasteiger partial charge in [0.25, 0.3) is 0 Å².